The summed E-state index contributed by atoms with van der Waals surface area (Å²) in [6, 6.07) is 0. The Bertz CT molecular complexity index is 1020. The molecule has 51 heavy (non-hydrogen) atoms. The molecule has 0 aromatic heterocycles. The Balaban J connectivity index is 1.83. The normalized spacial score (nSPS) is 38.7. The monoisotopic (exact) mass is 728 g/mol. The molecule has 0 N–H and O–H groups in total. The first kappa shape index (κ1) is 40.2. The number of epoxide rings is 3. The molecule has 3 saturated heterocycles. The first-order valence-corrected chi connectivity index (χ1v) is 20.1. The fourth-order valence-electron chi connectivity index (χ4n) is 12.5. The minimum atomic E-state index is -1.51. The quantitative estimate of drug-likeness (QED) is 0.0917. The van der Waals surface area contributed by atoms with Gasteiger partial charge in [-0.05, 0) is 106 Å². The maximum atomic E-state index is 7.01. The molecule has 3 aliphatic carbocycles. The highest BCUT2D eigenvalue weighted by Gasteiger charge is 2.88. The Hall–Kier alpha value is -0.480. The van der Waals surface area contributed by atoms with Gasteiger partial charge in [-0.25, -0.2) is 0 Å². The van der Waals surface area contributed by atoms with Crippen molar-refractivity contribution in [3.63, 3.8) is 0 Å². The van der Waals surface area contributed by atoms with Crippen LogP contribution in [0.25, 0.3) is 0 Å². The van der Waals surface area contributed by atoms with Gasteiger partial charge in [0, 0.05) is 66.4 Å². The molecule has 0 aromatic carbocycles. The van der Waals surface area contributed by atoms with Crippen LogP contribution >= 0.6 is 0 Å². The largest absolute Gasteiger partial charge is 0.370 e. The standard InChI is InChI=1S/C39H68O12/c1-11-36(33(21-18-27-30(24-33)49-27)37(40-8,43-12-2)44-13-3,34(22-19-28-31(25-34)50-28)38(41-9,45-14-4)46-15-5)35(23-20-29-32(26-35)51-29)39(42-10,47-16-6)48-17-7/h27-32H,11-26H2,1-10H3. The van der Waals surface area contributed by atoms with Gasteiger partial charge < -0.3 is 56.8 Å². The molecule has 3 heterocycles. The van der Waals surface area contributed by atoms with Crippen LogP contribution in [0.1, 0.15) is 113 Å². The summed E-state index contributed by atoms with van der Waals surface area (Å²) in [7, 11) is 5.16. The van der Waals surface area contributed by atoms with E-state index in [9.17, 15) is 0 Å². The molecular weight excluding hydrogens is 660 g/mol. The lowest BCUT2D eigenvalue weighted by Crippen LogP contribution is -2.81. The Morgan fingerprint density at radius 1 is 0.431 bits per heavy atom. The van der Waals surface area contributed by atoms with Crippen molar-refractivity contribution in [3.8, 4) is 0 Å². The molecule has 6 fully saturated rings. The van der Waals surface area contributed by atoms with Crippen LogP contribution in [0.3, 0.4) is 0 Å². The van der Waals surface area contributed by atoms with E-state index in [4.69, 9.17) is 56.8 Å². The van der Waals surface area contributed by atoms with E-state index < -0.39 is 39.6 Å². The lowest BCUT2D eigenvalue weighted by atomic mass is 9.32. The summed E-state index contributed by atoms with van der Waals surface area (Å²) in [4.78, 5) is 0. The SMILES string of the molecule is CCOC(OC)(OCC)C1(C(CC)(C2(C(OC)(OCC)OCC)CCC3OC3C2)C2(C(OC)(OCC)OCC)CCC3OC3C2)CCC2OC2C1. The van der Waals surface area contributed by atoms with E-state index in [2.05, 4.69) is 6.92 Å². The number of fused-ring (bicyclic) bond motifs is 3. The van der Waals surface area contributed by atoms with E-state index in [-0.39, 0.29) is 36.6 Å². The Morgan fingerprint density at radius 2 is 0.686 bits per heavy atom. The predicted octanol–water partition coefficient (Wildman–Crippen LogP) is 6.32. The zero-order chi connectivity index (χ0) is 36.8. The molecule has 0 aromatic rings. The van der Waals surface area contributed by atoms with Gasteiger partial charge in [-0.1, -0.05) is 6.92 Å². The van der Waals surface area contributed by atoms with Gasteiger partial charge in [-0.2, -0.15) is 0 Å². The van der Waals surface area contributed by atoms with Gasteiger partial charge >= 0.3 is 0 Å². The Labute approximate surface area is 306 Å². The van der Waals surface area contributed by atoms with Crippen molar-refractivity contribution in [3.05, 3.63) is 0 Å². The van der Waals surface area contributed by atoms with Crippen molar-refractivity contribution in [2.45, 2.75) is 167 Å². The summed E-state index contributed by atoms with van der Waals surface area (Å²) >= 11 is 0. The van der Waals surface area contributed by atoms with Crippen LogP contribution in [0, 0.1) is 21.7 Å². The first-order valence-electron chi connectivity index (χ1n) is 20.1. The lowest BCUT2D eigenvalue weighted by Gasteiger charge is -2.75. The fraction of sp³-hybridized carbons (Fsp3) is 1.00. The molecule has 0 bridgehead atoms. The summed E-state index contributed by atoms with van der Waals surface area (Å²) in [6.45, 7) is 16.5. The van der Waals surface area contributed by atoms with Crippen LogP contribution < -0.4 is 0 Å². The molecule has 3 aliphatic heterocycles. The zero-order valence-electron chi connectivity index (χ0n) is 33.2. The van der Waals surface area contributed by atoms with Crippen molar-refractivity contribution < 1.29 is 56.8 Å². The van der Waals surface area contributed by atoms with E-state index in [1.54, 1.807) is 21.3 Å². The summed E-state index contributed by atoms with van der Waals surface area (Å²) in [5.41, 5.74) is -3.68. The topological polar surface area (TPSA) is 121 Å². The Kier molecular flexibility index (Phi) is 12.0. The number of hydrogen-bond acceptors (Lipinski definition) is 12. The van der Waals surface area contributed by atoms with Crippen LogP contribution in [-0.4, -0.2) is 116 Å². The number of methoxy groups -OCH3 is 3. The van der Waals surface area contributed by atoms with E-state index in [0.29, 0.717) is 84.6 Å². The van der Waals surface area contributed by atoms with Crippen LogP contribution in [0.4, 0.5) is 0 Å². The second-order valence-corrected chi connectivity index (χ2v) is 15.3. The highest BCUT2D eigenvalue weighted by molar-refractivity contribution is 5.28. The molecule has 9 unspecified atom stereocenters. The molecule has 0 radical (unpaired) electrons. The zero-order valence-corrected chi connectivity index (χ0v) is 33.2. The second kappa shape index (κ2) is 15.2. The fourth-order valence-corrected chi connectivity index (χ4v) is 12.5. The predicted molar refractivity (Wildman–Crippen MR) is 187 cm³/mol. The average Bonchev–Trinajstić information content (AvgIpc) is 4.04. The molecule has 12 heteroatoms. The van der Waals surface area contributed by atoms with Crippen molar-refractivity contribution in [1.29, 1.82) is 0 Å². The third kappa shape index (κ3) is 5.66. The van der Waals surface area contributed by atoms with Gasteiger partial charge in [0.05, 0.1) is 52.9 Å². The highest BCUT2D eigenvalue weighted by Crippen LogP contribution is 2.83. The molecular formula is C39H68O12. The van der Waals surface area contributed by atoms with Gasteiger partial charge in [-0.3, -0.25) is 0 Å². The first-order chi connectivity index (χ1) is 24.6. The van der Waals surface area contributed by atoms with Gasteiger partial charge in [-0.15, -0.1) is 0 Å². The molecule has 3 saturated carbocycles. The van der Waals surface area contributed by atoms with Crippen LogP contribution in [0.5, 0.6) is 0 Å². The highest BCUT2D eigenvalue weighted by atomic mass is 16.9. The number of hydrogen-bond donors (Lipinski definition) is 0. The molecule has 0 amide bonds. The maximum absolute atomic E-state index is 7.01. The van der Waals surface area contributed by atoms with Crippen molar-refractivity contribution >= 4 is 0 Å². The minimum Gasteiger partial charge on any atom is -0.370 e. The summed E-state index contributed by atoms with van der Waals surface area (Å²) in [5, 5.41) is 0. The number of ether oxygens (including phenoxy) is 12. The summed E-state index contributed by atoms with van der Waals surface area (Å²) < 4.78 is 81.9. The molecule has 6 aliphatic rings. The van der Waals surface area contributed by atoms with Crippen molar-refractivity contribution in [2.24, 2.45) is 21.7 Å². The minimum absolute atomic E-state index is 0.0106. The van der Waals surface area contributed by atoms with E-state index in [1.807, 2.05) is 41.5 Å². The van der Waals surface area contributed by atoms with Crippen molar-refractivity contribution in [1.82, 2.24) is 0 Å². The molecule has 12 nitrogen and oxygen atoms in total. The van der Waals surface area contributed by atoms with Crippen LogP contribution in [-0.2, 0) is 56.8 Å². The van der Waals surface area contributed by atoms with Gasteiger partial charge in [0.15, 0.2) is 0 Å². The van der Waals surface area contributed by atoms with E-state index >= 15 is 0 Å². The summed E-state index contributed by atoms with van der Waals surface area (Å²) in [5.74, 6) is -4.54. The van der Waals surface area contributed by atoms with Crippen LogP contribution in [0.2, 0.25) is 0 Å². The molecule has 0 spiro atoms. The number of rotatable bonds is 22. The van der Waals surface area contributed by atoms with E-state index in [0.717, 1.165) is 19.3 Å². The molecule has 6 rings (SSSR count). The molecule has 9 atom stereocenters. The summed E-state index contributed by atoms with van der Waals surface area (Å²) in [6.07, 6.45) is 7.38. The second-order valence-electron chi connectivity index (χ2n) is 15.3. The van der Waals surface area contributed by atoms with E-state index in [1.165, 1.54) is 0 Å². The third-order valence-electron chi connectivity index (χ3n) is 13.8. The third-order valence-corrected chi connectivity index (χ3v) is 13.8. The van der Waals surface area contributed by atoms with Gasteiger partial charge in [0.2, 0.25) is 0 Å². The van der Waals surface area contributed by atoms with Gasteiger partial charge in [0.1, 0.15) is 0 Å². The smallest absolute Gasteiger partial charge is 0.289 e. The van der Waals surface area contributed by atoms with Crippen molar-refractivity contribution in [2.75, 3.05) is 61.0 Å². The Morgan fingerprint density at radius 3 is 0.863 bits per heavy atom. The van der Waals surface area contributed by atoms with Crippen LogP contribution in [0.15, 0.2) is 0 Å². The average molecular weight is 729 g/mol. The lowest BCUT2D eigenvalue weighted by molar-refractivity contribution is -0.533. The van der Waals surface area contributed by atoms with Gasteiger partial charge in [0.25, 0.3) is 17.9 Å². The maximum Gasteiger partial charge on any atom is 0.289 e. The molecule has 296 valence electrons.